The van der Waals surface area contributed by atoms with Crippen LogP contribution in [0.15, 0.2) is 54.6 Å². The molecule has 0 unspecified atom stereocenters. The number of piperidine rings is 2. The predicted octanol–water partition coefficient (Wildman–Crippen LogP) is 4.89. The highest BCUT2D eigenvalue weighted by atomic mass is 16.5. The molecule has 0 radical (unpaired) electrons. The van der Waals surface area contributed by atoms with Crippen molar-refractivity contribution >= 4 is 6.03 Å². The maximum Gasteiger partial charge on any atom is 0.317 e. The zero-order chi connectivity index (χ0) is 22.2. The van der Waals surface area contributed by atoms with Gasteiger partial charge in [-0.3, -0.25) is 4.90 Å². The number of ether oxygens (including phenoxy) is 1. The van der Waals surface area contributed by atoms with Crippen molar-refractivity contribution in [3.63, 3.8) is 0 Å². The first kappa shape index (κ1) is 22.7. The fraction of sp³-hybridized carbons (Fsp3) is 0.519. The fourth-order valence-corrected chi connectivity index (χ4v) is 5.08. The van der Waals surface area contributed by atoms with Crippen LogP contribution in [0, 0.1) is 5.92 Å². The molecule has 2 amide bonds. The fourth-order valence-electron chi connectivity index (χ4n) is 5.08. The van der Waals surface area contributed by atoms with Gasteiger partial charge in [0.2, 0.25) is 0 Å². The van der Waals surface area contributed by atoms with Gasteiger partial charge >= 0.3 is 6.03 Å². The van der Waals surface area contributed by atoms with Gasteiger partial charge in [-0.2, -0.15) is 0 Å². The largest absolute Gasteiger partial charge is 0.497 e. The standard InChI is InChI=1S/C27H37N3O2/c1-32-26-9-5-8-25(20-26)24-13-18-30(19-14-24)27(31)28-15-10-22-11-16-29(17-12-22)21-23-6-3-2-4-7-23/h2-9,20,22,24H,10-19,21H2,1H3,(H,28,31). The van der Waals surface area contributed by atoms with E-state index in [1.807, 2.05) is 11.0 Å². The van der Waals surface area contributed by atoms with E-state index in [4.69, 9.17) is 4.74 Å². The Morgan fingerprint density at radius 1 is 0.969 bits per heavy atom. The molecule has 4 rings (SSSR count). The zero-order valence-corrected chi connectivity index (χ0v) is 19.3. The van der Waals surface area contributed by atoms with Gasteiger partial charge in [0.1, 0.15) is 5.75 Å². The molecule has 0 atom stereocenters. The molecule has 0 aromatic heterocycles. The van der Waals surface area contributed by atoms with Crippen LogP contribution in [0.1, 0.15) is 49.1 Å². The molecule has 2 aromatic carbocycles. The maximum atomic E-state index is 12.6. The Balaban J connectivity index is 1.12. The summed E-state index contributed by atoms with van der Waals surface area (Å²) >= 11 is 0. The number of rotatable bonds is 7. The number of likely N-dealkylation sites (tertiary alicyclic amines) is 2. The molecule has 5 nitrogen and oxygen atoms in total. The number of benzene rings is 2. The molecule has 2 heterocycles. The topological polar surface area (TPSA) is 44.8 Å². The van der Waals surface area contributed by atoms with Crippen LogP contribution in [-0.4, -0.2) is 55.7 Å². The van der Waals surface area contributed by atoms with Crippen LogP contribution in [0.4, 0.5) is 4.79 Å². The second-order valence-electron chi connectivity index (χ2n) is 9.26. The highest BCUT2D eigenvalue weighted by Gasteiger charge is 2.24. The van der Waals surface area contributed by atoms with Crippen molar-refractivity contribution in [1.29, 1.82) is 0 Å². The molecule has 5 heteroatoms. The van der Waals surface area contributed by atoms with Crippen LogP contribution in [0.5, 0.6) is 5.75 Å². The smallest absolute Gasteiger partial charge is 0.317 e. The number of carbonyl (C=O) groups excluding carboxylic acids is 1. The summed E-state index contributed by atoms with van der Waals surface area (Å²) in [6.07, 6.45) is 5.58. The zero-order valence-electron chi connectivity index (χ0n) is 19.3. The third kappa shape index (κ3) is 6.26. The van der Waals surface area contributed by atoms with E-state index >= 15 is 0 Å². The van der Waals surface area contributed by atoms with Gasteiger partial charge in [-0.1, -0.05) is 42.5 Å². The SMILES string of the molecule is COc1cccc(C2CCN(C(=O)NCCC3CCN(Cc4ccccc4)CC3)CC2)c1. The van der Waals surface area contributed by atoms with E-state index < -0.39 is 0 Å². The molecule has 2 aliphatic heterocycles. The third-order valence-electron chi connectivity index (χ3n) is 7.13. The number of urea groups is 1. The van der Waals surface area contributed by atoms with Crippen LogP contribution in [0.25, 0.3) is 0 Å². The highest BCUT2D eigenvalue weighted by Crippen LogP contribution is 2.30. The number of nitrogens with zero attached hydrogens (tertiary/aromatic N) is 2. The van der Waals surface area contributed by atoms with Crippen molar-refractivity contribution in [2.24, 2.45) is 5.92 Å². The summed E-state index contributed by atoms with van der Waals surface area (Å²) in [5, 5.41) is 3.18. The summed E-state index contributed by atoms with van der Waals surface area (Å²) in [6.45, 7) is 5.81. The van der Waals surface area contributed by atoms with Crippen LogP contribution in [-0.2, 0) is 6.54 Å². The Bertz CT molecular complexity index is 841. The summed E-state index contributed by atoms with van der Waals surface area (Å²) in [6, 6.07) is 19.2. The van der Waals surface area contributed by atoms with Gasteiger partial charge in [0.05, 0.1) is 7.11 Å². The normalized spacial score (nSPS) is 18.5. The van der Waals surface area contributed by atoms with E-state index in [0.717, 1.165) is 70.2 Å². The summed E-state index contributed by atoms with van der Waals surface area (Å²) in [5.41, 5.74) is 2.72. The quantitative estimate of drug-likeness (QED) is 0.674. The average molecular weight is 436 g/mol. The number of carbonyl (C=O) groups is 1. The van der Waals surface area contributed by atoms with Gasteiger partial charge in [0, 0.05) is 26.2 Å². The monoisotopic (exact) mass is 435 g/mol. The Hall–Kier alpha value is -2.53. The molecule has 0 bridgehead atoms. The molecular weight excluding hydrogens is 398 g/mol. The minimum Gasteiger partial charge on any atom is -0.497 e. The predicted molar refractivity (Wildman–Crippen MR) is 129 cm³/mol. The Morgan fingerprint density at radius 3 is 2.44 bits per heavy atom. The van der Waals surface area contributed by atoms with E-state index in [1.165, 1.54) is 24.0 Å². The van der Waals surface area contributed by atoms with Gasteiger partial charge in [0.15, 0.2) is 0 Å². The molecule has 2 saturated heterocycles. The Labute approximate surface area is 192 Å². The van der Waals surface area contributed by atoms with Crippen molar-refractivity contribution < 1.29 is 9.53 Å². The average Bonchev–Trinajstić information content (AvgIpc) is 2.86. The number of amides is 2. The third-order valence-corrected chi connectivity index (χ3v) is 7.13. The Kier molecular flexibility index (Phi) is 8.05. The van der Waals surface area contributed by atoms with E-state index in [-0.39, 0.29) is 6.03 Å². The van der Waals surface area contributed by atoms with Crippen LogP contribution >= 0.6 is 0 Å². The van der Waals surface area contributed by atoms with Gasteiger partial charge in [0.25, 0.3) is 0 Å². The molecule has 2 aromatic rings. The lowest BCUT2D eigenvalue weighted by Crippen LogP contribution is -2.44. The van der Waals surface area contributed by atoms with Crippen molar-refractivity contribution in [3.8, 4) is 5.75 Å². The van der Waals surface area contributed by atoms with E-state index in [1.54, 1.807) is 7.11 Å². The van der Waals surface area contributed by atoms with Gasteiger partial charge < -0.3 is 15.0 Å². The number of nitrogens with one attached hydrogen (secondary N) is 1. The minimum atomic E-state index is 0.107. The molecule has 32 heavy (non-hydrogen) atoms. The first-order valence-corrected chi connectivity index (χ1v) is 12.1. The molecule has 172 valence electrons. The Morgan fingerprint density at radius 2 is 1.72 bits per heavy atom. The van der Waals surface area contributed by atoms with Crippen molar-refractivity contribution in [3.05, 3.63) is 65.7 Å². The number of hydrogen-bond donors (Lipinski definition) is 1. The molecule has 0 saturated carbocycles. The lowest BCUT2D eigenvalue weighted by molar-refractivity contribution is 0.166. The second-order valence-corrected chi connectivity index (χ2v) is 9.26. The van der Waals surface area contributed by atoms with E-state index in [2.05, 4.69) is 58.7 Å². The summed E-state index contributed by atoms with van der Waals surface area (Å²) in [4.78, 5) is 17.2. The lowest BCUT2D eigenvalue weighted by Gasteiger charge is -2.33. The lowest BCUT2D eigenvalue weighted by atomic mass is 9.89. The number of methoxy groups -OCH3 is 1. The van der Waals surface area contributed by atoms with E-state index in [9.17, 15) is 4.79 Å². The van der Waals surface area contributed by atoms with Crippen LogP contribution in [0.2, 0.25) is 0 Å². The molecule has 2 aliphatic rings. The summed E-state index contributed by atoms with van der Waals surface area (Å²) in [5.74, 6) is 2.14. The molecule has 1 N–H and O–H groups in total. The number of hydrogen-bond acceptors (Lipinski definition) is 3. The van der Waals surface area contributed by atoms with Gasteiger partial charge in [-0.05, 0) is 80.3 Å². The van der Waals surface area contributed by atoms with Gasteiger partial charge in [-0.25, -0.2) is 4.79 Å². The summed E-state index contributed by atoms with van der Waals surface area (Å²) < 4.78 is 5.35. The van der Waals surface area contributed by atoms with Crippen molar-refractivity contribution in [2.45, 2.75) is 44.6 Å². The first-order chi connectivity index (χ1) is 15.7. The van der Waals surface area contributed by atoms with Crippen LogP contribution in [0.3, 0.4) is 0 Å². The van der Waals surface area contributed by atoms with Crippen molar-refractivity contribution in [1.82, 2.24) is 15.1 Å². The van der Waals surface area contributed by atoms with Crippen molar-refractivity contribution in [2.75, 3.05) is 39.8 Å². The van der Waals surface area contributed by atoms with Crippen LogP contribution < -0.4 is 10.1 Å². The molecule has 2 fully saturated rings. The second kappa shape index (κ2) is 11.4. The molecular formula is C27H37N3O2. The van der Waals surface area contributed by atoms with E-state index in [0.29, 0.717) is 5.92 Å². The molecule has 0 spiro atoms. The highest BCUT2D eigenvalue weighted by molar-refractivity contribution is 5.74. The summed E-state index contributed by atoms with van der Waals surface area (Å²) in [7, 11) is 1.71. The first-order valence-electron chi connectivity index (χ1n) is 12.1. The molecule has 0 aliphatic carbocycles. The maximum absolute atomic E-state index is 12.6. The minimum absolute atomic E-state index is 0.107. The van der Waals surface area contributed by atoms with Gasteiger partial charge in [-0.15, -0.1) is 0 Å².